The van der Waals surface area contributed by atoms with Gasteiger partial charge < -0.3 is 9.64 Å². The number of carbonyl (C=O) groups excluding carboxylic acids is 1. The predicted molar refractivity (Wildman–Crippen MR) is 86.9 cm³/mol. The Labute approximate surface area is 137 Å². The molecule has 2 fully saturated rings. The topological polar surface area (TPSA) is 32.8 Å². The molecule has 1 aromatic carbocycles. The van der Waals surface area contributed by atoms with Gasteiger partial charge in [-0.05, 0) is 31.0 Å². The summed E-state index contributed by atoms with van der Waals surface area (Å²) < 4.78 is 5.33. The van der Waals surface area contributed by atoms with Crippen molar-refractivity contribution in [2.45, 2.75) is 19.4 Å². The minimum atomic E-state index is 0.0836. The van der Waals surface area contributed by atoms with Gasteiger partial charge in [-0.15, -0.1) is 0 Å². The Hall–Kier alpha value is -1.10. The lowest BCUT2D eigenvalue weighted by Crippen LogP contribution is -2.50. The van der Waals surface area contributed by atoms with Gasteiger partial charge in [0.25, 0.3) is 0 Å². The normalized spacial score (nSPS) is 24.5. The molecule has 2 saturated heterocycles. The molecule has 0 aromatic heterocycles. The standard InChI is InChI=1S/C17H23ClN2O2/c1-13(14-2-4-16(18)5-3-14)19-7-9-20(10-8-19)17(21)15-6-11-22-12-15/h2-5,13,15H,6-12H2,1H3. The van der Waals surface area contributed by atoms with Gasteiger partial charge >= 0.3 is 0 Å². The Bertz CT molecular complexity index is 506. The van der Waals surface area contributed by atoms with E-state index in [1.165, 1.54) is 5.56 Å². The number of hydrogen-bond donors (Lipinski definition) is 0. The van der Waals surface area contributed by atoms with Gasteiger partial charge in [0.1, 0.15) is 0 Å². The van der Waals surface area contributed by atoms with Crippen LogP contribution < -0.4 is 0 Å². The average molecular weight is 323 g/mol. The fraction of sp³-hybridized carbons (Fsp3) is 0.588. The third-order valence-electron chi connectivity index (χ3n) is 4.80. The first-order chi connectivity index (χ1) is 10.6. The number of hydrogen-bond acceptors (Lipinski definition) is 3. The maximum Gasteiger partial charge on any atom is 0.228 e. The lowest BCUT2D eigenvalue weighted by molar-refractivity contribution is -0.137. The van der Waals surface area contributed by atoms with Crippen LogP contribution in [0.25, 0.3) is 0 Å². The Morgan fingerprint density at radius 3 is 2.50 bits per heavy atom. The predicted octanol–water partition coefficient (Wildman–Crippen LogP) is 2.58. The van der Waals surface area contributed by atoms with Crippen molar-refractivity contribution in [2.24, 2.45) is 5.92 Å². The Morgan fingerprint density at radius 2 is 1.91 bits per heavy atom. The van der Waals surface area contributed by atoms with Crippen LogP contribution >= 0.6 is 11.6 Å². The highest BCUT2D eigenvalue weighted by atomic mass is 35.5. The monoisotopic (exact) mass is 322 g/mol. The van der Waals surface area contributed by atoms with Crippen molar-refractivity contribution in [1.29, 1.82) is 0 Å². The van der Waals surface area contributed by atoms with Crippen molar-refractivity contribution < 1.29 is 9.53 Å². The summed E-state index contributed by atoms with van der Waals surface area (Å²) in [5, 5.41) is 0.769. The summed E-state index contributed by atoms with van der Waals surface area (Å²) in [5.41, 5.74) is 1.27. The number of benzene rings is 1. The molecule has 2 aliphatic rings. The molecule has 22 heavy (non-hydrogen) atoms. The summed E-state index contributed by atoms with van der Waals surface area (Å²) in [4.78, 5) is 16.8. The van der Waals surface area contributed by atoms with Crippen LogP contribution in [0, 0.1) is 5.92 Å². The van der Waals surface area contributed by atoms with Gasteiger partial charge in [-0.3, -0.25) is 9.69 Å². The van der Waals surface area contributed by atoms with Crippen molar-refractivity contribution in [3.8, 4) is 0 Å². The molecule has 3 rings (SSSR count). The molecule has 0 N–H and O–H groups in total. The maximum absolute atomic E-state index is 12.4. The summed E-state index contributed by atoms with van der Waals surface area (Å²) in [6.07, 6.45) is 0.875. The molecule has 4 nitrogen and oxygen atoms in total. The molecule has 120 valence electrons. The van der Waals surface area contributed by atoms with E-state index in [9.17, 15) is 4.79 Å². The molecule has 0 spiro atoms. The van der Waals surface area contributed by atoms with Gasteiger partial charge in [0.2, 0.25) is 5.91 Å². The van der Waals surface area contributed by atoms with E-state index in [1.807, 2.05) is 17.0 Å². The van der Waals surface area contributed by atoms with Crippen LogP contribution in [0.3, 0.4) is 0 Å². The quantitative estimate of drug-likeness (QED) is 0.857. The van der Waals surface area contributed by atoms with Crippen molar-refractivity contribution in [2.75, 3.05) is 39.4 Å². The number of nitrogens with zero attached hydrogens (tertiary/aromatic N) is 2. The zero-order valence-electron chi connectivity index (χ0n) is 13.0. The molecule has 1 amide bonds. The summed E-state index contributed by atoms with van der Waals surface area (Å²) >= 11 is 5.95. The molecule has 1 aromatic rings. The van der Waals surface area contributed by atoms with E-state index in [-0.39, 0.29) is 11.8 Å². The molecule has 5 heteroatoms. The first kappa shape index (κ1) is 15.8. The van der Waals surface area contributed by atoms with Crippen LogP contribution in [0.5, 0.6) is 0 Å². The molecule has 0 bridgehead atoms. The molecule has 2 unspecified atom stereocenters. The molecule has 0 aliphatic carbocycles. The lowest BCUT2D eigenvalue weighted by Gasteiger charge is -2.39. The van der Waals surface area contributed by atoms with E-state index in [0.29, 0.717) is 12.6 Å². The third-order valence-corrected chi connectivity index (χ3v) is 5.06. The van der Waals surface area contributed by atoms with Crippen LogP contribution in [0.15, 0.2) is 24.3 Å². The largest absolute Gasteiger partial charge is 0.381 e. The highest BCUT2D eigenvalue weighted by Gasteiger charge is 2.31. The van der Waals surface area contributed by atoms with Crippen LogP contribution in [0.1, 0.15) is 24.9 Å². The van der Waals surface area contributed by atoms with Crippen molar-refractivity contribution in [3.63, 3.8) is 0 Å². The Morgan fingerprint density at radius 1 is 1.23 bits per heavy atom. The number of carbonyl (C=O) groups is 1. The van der Waals surface area contributed by atoms with E-state index in [4.69, 9.17) is 16.3 Å². The van der Waals surface area contributed by atoms with E-state index >= 15 is 0 Å². The van der Waals surface area contributed by atoms with Crippen LogP contribution in [0.2, 0.25) is 5.02 Å². The molecule has 2 heterocycles. The number of rotatable bonds is 3. The first-order valence-electron chi connectivity index (χ1n) is 8.01. The van der Waals surface area contributed by atoms with Crippen molar-refractivity contribution in [3.05, 3.63) is 34.9 Å². The van der Waals surface area contributed by atoms with Crippen LogP contribution in [-0.2, 0) is 9.53 Å². The van der Waals surface area contributed by atoms with E-state index < -0.39 is 0 Å². The van der Waals surface area contributed by atoms with Gasteiger partial charge in [-0.25, -0.2) is 0 Å². The minimum Gasteiger partial charge on any atom is -0.381 e. The molecule has 0 saturated carbocycles. The SMILES string of the molecule is CC(c1ccc(Cl)cc1)N1CCN(C(=O)C2CCOC2)CC1. The molecule has 0 radical (unpaired) electrons. The lowest BCUT2D eigenvalue weighted by atomic mass is 10.0. The van der Waals surface area contributed by atoms with Crippen molar-refractivity contribution in [1.82, 2.24) is 9.80 Å². The number of piperazine rings is 1. The van der Waals surface area contributed by atoms with E-state index in [0.717, 1.165) is 44.2 Å². The zero-order chi connectivity index (χ0) is 15.5. The summed E-state index contributed by atoms with van der Waals surface area (Å²) in [5.74, 6) is 0.358. The molecular weight excluding hydrogens is 300 g/mol. The molecular formula is C17H23ClN2O2. The maximum atomic E-state index is 12.4. The van der Waals surface area contributed by atoms with Gasteiger partial charge in [0, 0.05) is 43.9 Å². The van der Waals surface area contributed by atoms with E-state index in [1.54, 1.807) is 0 Å². The number of ether oxygens (including phenoxy) is 1. The van der Waals surface area contributed by atoms with Crippen LogP contribution in [0.4, 0.5) is 0 Å². The fourth-order valence-corrected chi connectivity index (χ4v) is 3.40. The fourth-order valence-electron chi connectivity index (χ4n) is 3.27. The second-order valence-electron chi connectivity index (χ2n) is 6.15. The number of halogens is 1. The third kappa shape index (κ3) is 3.45. The highest BCUT2D eigenvalue weighted by Crippen LogP contribution is 2.24. The second kappa shape index (κ2) is 6.99. The second-order valence-corrected chi connectivity index (χ2v) is 6.59. The molecule has 2 atom stereocenters. The van der Waals surface area contributed by atoms with Gasteiger partial charge in [-0.2, -0.15) is 0 Å². The van der Waals surface area contributed by atoms with Gasteiger partial charge in [0.05, 0.1) is 12.5 Å². The van der Waals surface area contributed by atoms with Crippen LogP contribution in [-0.4, -0.2) is 55.1 Å². The average Bonchev–Trinajstić information content (AvgIpc) is 3.09. The number of amides is 1. The van der Waals surface area contributed by atoms with Gasteiger partial charge in [-0.1, -0.05) is 23.7 Å². The summed E-state index contributed by atoms with van der Waals surface area (Å²) in [7, 11) is 0. The zero-order valence-corrected chi connectivity index (χ0v) is 13.8. The smallest absolute Gasteiger partial charge is 0.228 e. The van der Waals surface area contributed by atoms with E-state index in [2.05, 4.69) is 24.0 Å². The Kier molecular flexibility index (Phi) is 5.01. The first-order valence-corrected chi connectivity index (χ1v) is 8.39. The Balaban J connectivity index is 1.54. The minimum absolute atomic E-state index is 0.0836. The van der Waals surface area contributed by atoms with Gasteiger partial charge in [0.15, 0.2) is 0 Å². The molecule has 2 aliphatic heterocycles. The highest BCUT2D eigenvalue weighted by molar-refractivity contribution is 6.30. The summed E-state index contributed by atoms with van der Waals surface area (Å²) in [6, 6.07) is 8.39. The van der Waals surface area contributed by atoms with Crippen molar-refractivity contribution >= 4 is 17.5 Å². The summed E-state index contributed by atoms with van der Waals surface area (Å²) in [6.45, 7) is 7.00.